The van der Waals surface area contributed by atoms with Crippen molar-refractivity contribution in [2.75, 3.05) is 0 Å². The van der Waals surface area contributed by atoms with E-state index in [1.165, 1.54) is 0 Å². The van der Waals surface area contributed by atoms with Crippen LogP contribution in [-0.4, -0.2) is 60.2 Å². The highest BCUT2D eigenvalue weighted by molar-refractivity contribution is 7.93. The Morgan fingerprint density at radius 1 is 0.900 bits per heavy atom. The molecule has 1 rings (SSSR count). The molecule has 20 heavy (non-hydrogen) atoms. The zero-order chi connectivity index (χ0) is 16.1. The summed E-state index contributed by atoms with van der Waals surface area (Å²) >= 11 is 0. The van der Waals surface area contributed by atoms with Gasteiger partial charge < -0.3 is 10.2 Å². The minimum absolute atomic E-state index is 0.131. The number of hydrogen-bond acceptors (Lipinski definition) is 8. The van der Waals surface area contributed by atoms with Crippen molar-refractivity contribution in [1.29, 1.82) is 0 Å². The van der Waals surface area contributed by atoms with Gasteiger partial charge in [-0.05, 0) is 12.2 Å². The SMILES string of the molecule is O=S(=O)(O)C1=CC(O)(O)C(S(=O)(=O)O)=CC1S(=O)(=O)O. The summed E-state index contributed by atoms with van der Waals surface area (Å²) in [7, 11) is -15.9. The zero-order valence-corrected chi connectivity index (χ0v) is 11.6. The molecule has 5 N–H and O–H groups in total. The second-order valence-electron chi connectivity index (χ2n) is 3.69. The number of rotatable bonds is 3. The first-order valence-corrected chi connectivity index (χ1v) is 8.76. The molecule has 0 amide bonds. The molecule has 0 aliphatic heterocycles. The molecule has 1 unspecified atom stereocenters. The maximum Gasteiger partial charge on any atom is 0.296 e. The van der Waals surface area contributed by atoms with Crippen LogP contribution in [0.2, 0.25) is 0 Å². The van der Waals surface area contributed by atoms with Gasteiger partial charge >= 0.3 is 0 Å². The van der Waals surface area contributed by atoms with Gasteiger partial charge in [0, 0.05) is 0 Å². The van der Waals surface area contributed by atoms with Gasteiger partial charge in [0.05, 0.1) is 4.91 Å². The van der Waals surface area contributed by atoms with Crippen molar-refractivity contribution in [3.8, 4) is 0 Å². The van der Waals surface area contributed by atoms with Gasteiger partial charge in [-0.25, -0.2) is 0 Å². The molecule has 1 aliphatic rings. The third kappa shape index (κ3) is 3.41. The summed E-state index contributed by atoms with van der Waals surface area (Å²) in [5.41, 5.74) is 0. The zero-order valence-electron chi connectivity index (χ0n) is 9.14. The Bertz CT molecular complexity index is 792. The molecule has 0 radical (unpaired) electrons. The Kier molecular flexibility index (Phi) is 3.92. The van der Waals surface area contributed by atoms with Crippen LogP contribution in [0.4, 0.5) is 0 Å². The molecule has 0 spiro atoms. The lowest BCUT2D eigenvalue weighted by molar-refractivity contribution is -0.0802. The third-order valence-corrected chi connectivity index (χ3v) is 5.33. The molecule has 0 aromatic rings. The van der Waals surface area contributed by atoms with Gasteiger partial charge in [-0.15, -0.1) is 0 Å². The maximum atomic E-state index is 11.0. The van der Waals surface area contributed by atoms with E-state index < -0.39 is 51.2 Å². The summed E-state index contributed by atoms with van der Waals surface area (Å²) in [6.07, 6.45) is -0.377. The number of aliphatic hydroxyl groups is 2. The van der Waals surface area contributed by atoms with Gasteiger partial charge in [0.2, 0.25) is 5.79 Å². The summed E-state index contributed by atoms with van der Waals surface area (Å²) in [6.45, 7) is 0. The smallest absolute Gasteiger partial charge is 0.296 e. The van der Waals surface area contributed by atoms with Crippen LogP contribution in [0.25, 0.3) is 0 Å². The fourth-order valence-electron chi connectivity index (χ4n) is 1.42. The van der Waals surface area contributed by atoms with E-state index in [2.05, 4.69) is 0 Å². The van der Waals surface area contributed by atoms with Crippen molar-refractivity contribution in [2.45, 2.75) is 11.0 Å². The van der Waals surface area contributed by atoms with Gasteiger partial charge in [-0.3, -0.25) is 13.7 Å². The normalized spacial score (nSPS) is 23.9. The predicted molar refractivity (Wildman–Crippen MR) is 61.8 cm³/mol. The van der Waals surface area contributed by atoms with Crippen LogP contribution < -0.4 is 0 Å². The molecule has 1 atom stereocenters. The molecule has 0 heterocycles. The van der Waals surface area contributed by atoms with E-state index in [-0.39, 0.29) is 12.2 Å². The second kappa shape index (κ2) is 4.57. The van der Waals surface area contributed by atoms with E-state index in [0.29, 0.717) is 0 Å². The minimum atomic E-state index is -5.33. The van der Waals surface area contributed by atoms with Crippen molar-refractivity contribution in [3.63, 3.8) is 0 Å². The topological polar surface area (TPSA) is 204 Å². The Hall–Kier alpha value is -0.870. The van der Waals surface area contributed by atoms with Crippen LogP contribution in [0, 0.1) is 0 Å². The van der Waals surface area contributed by atoms with Crippen molar-refractivity contribution < 1.29 is 49.1 Å². The largest absolute Gasteiger partial charge is 0.358 e. The Morgan fingerprint density at radius 3 is 1.65 bits per heavy atom. The Labute approximate surface area is 113 Å². The standard InChI is InChI=1S/C6H8O11S3/c7-6(8)2-4(19(12,13)14)3(18(9,10)11)1-5(6)20(15,16)17/h1-3,7-8H,(H,9,10,11)(H,12,13,14)(H,15,16,17). The molecule has 0 aromatic carbocycles. The highest BCUT2D eigenvalue weighted by Gasteiger charge is 2.46. The first-order valence-electron chi connectivity index (χ1n) is 4.38. The summed E-state index contributed by atoms with van der Waals surface area (Å²) in [4.78, 5) is -3.28. The van der Waals surface area contributed by atoms with Gasteiger partial charge in [0.1, 0.15) is 10.2 Å². The maximum absolute atomic E-state index is 11.0. The second-order valence-corrected chi connectivity index (χ2v) is 8.04. The van der Waals surface area contributed by atoms with E-state index in [9.17, 15) is 35.5 Å². The summed E-state index contributed by atoms with van der Waals surface area (Å²) in [6, 6.07) is 0. The summed E-state index contributed by atoms with van der Waals surface area (Å²) in [5, 5.41) is 16.0. The van der Waals surface area contributed by atoms with Crippen LogP contribution in [0.3, 0.4) is 0 Å². The molecule has 1 aliphatic carbocycles. The molecule has 116 valence electrons. The van der Waals surface area contributed by atoms with Gasteiger partial charge in [0.15, 0.2) is 0 Å². The first-order chi connectivity index (χ1) is 8.57. The average molecular weight is 352 g/mol. The highest BCUT2D eigenvalue weighted by atomic mass is 32.2. The van der Waals surface area contributed by atoms with Crippen molar-refractivity contribution >= 4 is 30.4 Å². The van der Waals surface area contributed by atoms with Crippen LogP contribution in [0.1, 0.15) is 0 Å². The molecule has 11 nitrogen and oxygen atoms in total. The summed E-state index contributed by atoms with van der Waals surface area (Å²) < 4.78 is 91.9. The molecule has 14 heteroatoms. The molecule has 0 saturated carbocycles. The third-order valence-electron chi connectivity index (χ3n) is 2.19. The molecule has 0 bridgehead atoms. The van der Waals surface area contributed by atoms with Crippen molar-refractivity contribution in [3.05, 3.63) is 22.0 Å². The van der Waals surface area contributed by atoms with Crippen LogP contribution >= 0.6 is 0 Å². The van der Waals surface area contributed by atoms with E-state index in [1.54, 1.807) is 0 Å². The van der Waals surface area contributed by atoms with Gasteiger partial charge in [0.25, 0.3) is 30.4 Å². The van der Waals surface area contributed by atoms with Gasteiger partial charge in [-0.2, -0.15) is 25.3 Å². The van der Waals surface area contributed by atoms with Crippen LogP contribution in [-0.2, 0) is 30.4 Å². The van der Waals surface area contributed by atoms with Crippen LogP contribution in [0.15, 0.2) is 22.0 Å². The fraction of sp³-hybridized carbons (Fsp3) is 0.333. The first kappa shape index (κ1) is 17.2. The minimum Gasteiger partial charge on any atom is -0.358 e. The Balaban J connectivity index is 3.75. The quantitative estimate of drug-likeness (QED) is 0.265. The molecule has 0 aromatic heterocycles. The highest BCUT2D eigenvalue weighted by Crippen LogP contribution is 2.33. The fourth-order valence-corrected chi connectivity index (χ4v) is 4.33. The van der Waals surface area contributed by atoms with E-state index >= 15 is 0 Å². The molecular weight excluding hydrogens is 344 g/mol. The Morgan fingerprint density at radius 2 is 1.35 bits per heavy atom. The van der Waals surface area contributed by atoms with Crippen LogP contribution in [0.5, 0.6) is 0 Å². The predicted octanol–water partition coefficient (Wildman–Crippen LogP) is -2.52. The molecule has 0 fully saturated rings. The lowest BCUT2D eigenvalue weighted by atomic mass is 10.1. The lowest BCUT2D eigenvalue weighted by Gasteiger charge is -2.27. The number of hydrogen-bond donors (Lipinski definition) is 5. The van der Waals surface area contributed by atoms with Crippen molar-refractivity contribution in [2.24, 2.45) is 0 Å². The van der Waals surface area contributed by atoms with Gasteiger partial charge in [-0.1, -0.05) is 0 Å². The molecular formula is C6H8O11S3. The van der Waals surface area contributed by atoms with Crippen molar-refractivity contribution in [1.82, 2.24) is 0 Å². The summed E-state index contributed by atoms with van der Waals surface area (Å²) in [5.74, 6) is -3.60. The monoisotopic (exact) mass is 352 g/mol. The average Bonchev–Trinajstić information content (AvgIpc) is 2.09. The van der Waals surface area contributed by atoms with E-state index in [4.69, 9.17) is 13.7 Å². The van der Waals surface area contributed by atoms with E-state index in [1.807, 2.05) is 0 Å². The van der Waals surface area contributed by atoms with E-state index in [0.717, 1.165) is 0 Å². The lowest BCUT2D eigenvalue weighted by Crippen LogP contribution is -2.41. The molecule has 0 saturated heterocycles.